The molecular formula is C16H34N2O. The summed E-state index contributed by atoms with van der Waals surface area (Å²) in [5, 5.41) is 3.80. The molecule has 0 bridgehead atoms. The first-order valence-corrected chi connectivity index (χ1v) is 7.96. The molecular weight excluding hydrogens is 236 g/mol. The predicted octanol–water partition coefficient (Wildman–Crippen LogP) is 2.90. The number of nitrogens with zero attached hydrogens (tertiary/aromatic N) is 1. The third-order valence-corrected chi connectivity index (χ3v) is 4.69. The zero-order valence-electron chi connectivity index (χ0n) is 13.8. The Morgan fingerprint density at radius 3 is 2.58 bits per heavy atom. The Balaban J connectivity index is 2.77. The lowest BCUT2D eigenvalue weighted by atomic mass is 9.86. The summed E-state index contributed by atoms with van der Waals surface area (Å²) in [6.45, 7) is 14.7. The lowest BCUT2D eigenvalue weighted by molar-refractivity contribution is 0.0577. The van der Waals surface area contributed by atoms with E-state index in [1.807, 2.05) is 0 Å². The van der Waals surface area contributed by atoms with Crippen molar-refractivity contribution in [1.29, 1.82) is 0 Å². The topological polar surface area (TPSA) is 24.5 Å². The molecule has 0 aliphatic heterocycles. The van der Waals surface area contributed by atoms with Crippen molar-refractivity contribution in [3.05, 3.63) is 0 Å². The van der Waals surface area contributed by atoms with Crippen LogP contribution < -0.4 is 5.32 Å². The molecule has 114 valence electrons. The van der Waals surface area contributed by atoms with Crippen LogP contribution in [0.4, 0.5) is 0 Å². The van der Waals surface area contributed by atoms with Gasteiger partial charge in [-0.05, 0) is 44.7 Å². The molecule has 19 heavy (non-hydrogen) atoms. The zero-order chi connectivity index (χ0) is 14.5. The van der Waals surface area contributed by atoms with Crippen molar-refractivity contribution in [2.24, 2.45) is 5.41 Å². The molecule has 1 aliphatic rings. The summed E-state index contributed by atoms with van der Waals surface area (Å²) < 4.78 is 5.35. The van der Waals surface area contributed by atoms with E-state index >= 15 is 0 Å². The van der Waals surface area contributed by atoms with Gasteiger partial charge in [-0.25, -0.2) is 0 Å². The van der Waals surface area contributed by atoms with E-state index in [4.69, 9.17) is 4.74 Å². The fourth-order valence-corrected chi connectivity index (χ4v) is 3.64. The predicted molar refractivity (Wildman–Crippen MR) is 82.6 cm³/mol. The van der Waals surface area contributed by atoms with Gasteiger partial charge in [0, 0.05) is 25.2 Å². The highest BCUT2D eigenvalue weighted by molar-refractivity contribution is 5.01. The van der Waals surface area contributed by atoms with Crippen molar-refractivity contribution < 1.29 is 4.74 Å². The molecule has 1 rings (SSSR count). The lowest BCUT2D eigenvalue weighted by Crippen LogP contribution is -2.55. The fraction of sp³-hybridized carbons (Fsp3) is 1.00. The molecule has 3 atom stereocenters. The zero-order valence-corrected chi connectivity index (χ0v) is 13.8. The maximum atomic E-state index is 5.35. The van der Waals surface area contributed by atoms with E-state index < -0.39 is 0 Å². The van der Waals surface area contributed by atoms with Crippen LogP contribution in [0.15, 0.2) is 0 Å². The van der Waals surface area contributed by atoms with Crippen LogP contribution in [0.3, 0.4) is 0 Å². The highest BCUT2D eigenvalue weighted by Crippen LogP contribution is 2.40. The molecule has 1 saturated carbocycles. The normalized spacial score (nSPS) is 27.9. The summed E-state index contributed by atoms with van der Waals surface area (Å²) in [6, 6.07) is 1.75. The van der Waals surface area contributed by atoms with E-state index in [9.17, 15) is 0 Å². The number of ether oxygens (including phenoxy) is 1. The first kappa shape index (κ1) is 16.9. The average Bonchev–Trinajstić information content (AvgIpc) is 2.64. The average molecular weight is 270 g/mol. The summed E-state index contributed by atoms with van der Waals surface area (Å²) in [6.07, 6.45) is 3.82. The quantitative estimate of drug-likeness (QED) is 0.734. The van der Waals surface area contributed by atoms with Crippen molar-refractivity contribution >= 4 is 0 Å². The Morgan fingerprint density at radius 1 is 1.37 bits per heavy atom. The number of rotatable bonds is 8. The molecule has 1 N–H and O–H groups in total. The van der Waals surface area contributed by atoms with Gasteiger partial charge in [0.2, 0.25) is 0 Å². The molecule has 1 fully saturated rings. The third kappa shape index (κ3) is 4.17. The Bertz CT molecular complexity index is 255. The maximum Gasteiger partial charge on any atom is 0.0615 e. The van der Waals surface area contributed by atoms with Crippen LogP contribution in [0.1, 0.15) is 53.9 Å². The van der Waals surface area contributed by atoms with Crippen molar-refractivity contribution in [3.63, 3.8) is 0 Å². The summed E-state index contributed by atoms with van der Waals surface area (Å²) in [7, 11) is 1.80. The Labute approximate surface area is 120 Å². The second-order valence-electron chi connectivity index (χ2n) is 6.66. The Kier molecular flexibility index (Phi) is 6.78. The minimum absolute atomic E-state index is 0.403. The van der Waals surface area contributed by atoms with E-state index in [0.717, 1.165) is 19.7 Å². The molecule has 0 aromatic rings. The smallest absolute Gasteiger partial charge is 0.0615 e. The molecule has 0 aromatic carbocycles. The maximum absolute atomic E-state index is 5.35. The summed E-state index contributed by atoms with van der Waals surface area (Å²) >= 11 is 0. The lowest BCUT2D eigenvalue weighted by Gasteiger charge is -2.40. The highest BCUT2D eigenvalue weighted by atomic mass is 16.5. The van der Waals surface area contributed by atoms with Crippen LogP contribution >= 0.6 is 0 Å². The number of likely N-dealkylation sites (N-methyl/N-ethyl adjacent to an activating group) is 1. The van der Waals surface area contributed by atoms with Crippen LogP contribution in [-0.2, 0) is 4.74 Å². The van der Waals surface area contributed by atoms with Crippen molar-refractivity contribution in [3.8, 4) is 0 Å². The summed E-state index contributed by atoms with van der Waals surface area (Å²) in [4.78, 5) is 2.63. The molecule has 3 nitrogen and oxygen atoms in total. The number of methoxy groups -OCH3 is 1. The van der Waals surface area contributed by atoms with Gasteiger partial charge in [0.15, 0.2) is 0 Å². The van der Waals surface area contributed by atoms with Gasteiger partial charge in [-0.2, -0.15) is 0 Å². The van der Waals surface area contributed by atoms with E-state index in [1.165, 1.54) is 19.3 Å². The molecule has 3 heteroatoms. The minimum atomic E-state index is 0.403. The fourth-order valence-electron chi connectivity index (χ4n) is 3.64. The van der Waals surface area contributed by atoms with E-state index in [2.05, 4.69) is 44.8 Å². The first-order chi connectivity index (χ1) is 8.97. The van der Waals surface area contributed by atoms with Gasteiger partial charge in [0.05, 0.1) is 6.61 Å². The second-order valence-corrected chi connectivity index (χ2v) is 6.66. The van der Waals surface area contributed by atoms with Gasteiger partial charge in [0.25, 0.3) is 0 Å². The largest absolute Gasteiger partial charge is 0.383 e. The first-order valence-electron chi connectivity index (χ1n) is 7.96. The number of hydrogen-bond acceptors (Lipinski definition) is 3. The number of nitrogens with one attached hydrogen (secondary N) is 1. The summed E-state index contributed by atoms with van der Waals surface area (Å²) in [5.41, 5.74) is 0.403. The van der Waals surface area contributed by atoms with Gasteiger partial charge in [0.1, 0.15) is 0 Å². The van der Waals surface area contributed by atoms with Crippen LogP contribution in [-0.4, -0.2) is 49.8 Å². The van der Waals surface area contributed by atoms with Gasteiger partial charge in [-0.1, -0.05) is 27.7 Å². The molecule has 0 aromatic heterocycles. The van der Waals surface area contributed by atoms with Crippen molar-refractivity contribution in [2.75, 3.05) is 26.8 Å². The minimum Gasteiger partial charge on any atom is -0.383 e. The third-order valence-electron chi connectivity index (χ3n) is 4.69. The van der Waals surface area contributed by atoms with Crippen LogP contribution in [0, 0.1) is 5.41 Å². The molecule has 1 aliphatic carbocycles. The van der Waals surface area contributed by atoms with Gasteiger partial charge in [-0.15, -0.1) is 0 Å². The molecule has 3 unspecified atom stereocenters. The molecule has 0 spiro atoms. The van der Waals surface area contributed by atoms with Crippen LogP contribution in [0.2, 0.25) is 0 Å². The van der Waals surface area contributed by atoms with Gasteiger partial charge >= 0.3 is 0 Å². The SMILES string of the molecule is CCCNC1C(N(CC)C(C)COC)CCC1(C)C. The monoisotopic (exact) mass is 270 g/mol. The Hall–Kier alpha value is -0.120. The van der Waals surface area contributed by atoms with E-state index in [0.29, 0.717) is 23.5 Å². The van der Waals surface area contributed by atoms with Gasteiger partial charge in [-0.3, -0.25) is 4.90 Å². The Morgan fingerprint density at radius 2 is 2.05 bits per heavy atom. The van der Waals surface area contributed by atoms with Crippen molar-refractivity contribution in [2.45, 2.75) is 72.0 Å². The molecule has 0 heterocycles. The molecule has 0 radical (unpaired) electrons. The van der Waals surface area contributed by atoms with Gasteiger partial charge < -0.3 is 10.1 Å². The molecule has 0 saturated heterocycles. The number of hydrogen-bond donors (Lipinski definition) is 1. The van der Waals surface area contributed by atoms with E-state index in [-0.39, 0.29) is 0 Å². The molecule has 0 amide bonds. The van der Waals surface area contributed by atoms with Crippen LogP contribution in [0.25, 0.3) is 0 Å². The highest BCUT2D eigenvalue weighted by Gasteiger charge is 2.44. The summed E-state index contributed by atoms with van der Waals surface area (Å²) in [5.74, 6) is 0. The van der Waals surface area contributed by atoms with Crippen molar-refractivity contribution in [1.82, 2.24) is 10.2 Å². The van der Waals surface area contributed by atoms with Crippen LogP contribution in [0.5, 0.6) is 0 Å². The standard InChI is InChI=1S/C16H34N2O/c1-7-11-17-15-14(9-10-16(15,4)5)18(8-2)13(3)12-19-6/h13-15,17H,7-12H2,1-6H3. The van der Waals surface area contributed by atoms with E-state index in [1.54, 1.807) is 7.11 Å². The second kappa shape index (κ2) is 7.61.